The number of hydrogen-bond acceptors (Lipinski definition) is 6. The Morgan fingerprint density at radius 1 is 1.20 bits per heavy atom. The van der Waals surface area contributed by atoms with Crippen LogP contribution in [0, 0.1) is 13.8 Å². The fourth-order valence-electron chi connectivity index (χ4n) is 3.66. The normalized spacial score (nSPS) is 13.3. The highest BCUT2D eigenvalue weighted by Gasteiger charge is 2.21. The molecule has 1 aliphatic heterocycles. The van der Waals surface area contributed by atoms with Gasteiger partial charge in [-0.15, -0.1) is 11.3 Å². The zero-order valence-electron chi connectivity index (χ0n) is 17.0. The van der Waals surface area contributed by atoms with E-state index in [0.29, 0.717) is 23.3 Å². The molecular formula is C22H23N3O4S. The maximum Gasteiger partial charge on any atom is 0.308 e. The molecule has 0 radical (unpaired) electrons. The zero-order valence-corrected chi connectivity index (χ0v) is 17.8. The van der Waals surface area contributed by atoms with Crippen molar-refractivity contribution in [1.29, 1.82) is 0 Å². The first-order chi connectivity index (χ1) is 14.4. The average molecular weight is 426 g/mol. The number of rotatable bonds is 5. The Hall–Kier alpha value is -3.00. The number of amides is 1. The lowest BCUT2D eigenvalue weighted by Crippen LogP contribution is -2.38. The molecule has 3 aromatic rings. The molecule has 0 atom stereocenters. The van der Waals surface area contributed by atoms with E-state index in [-0.39, 0.29) is 31.0 Å². The van der Waals surface area contributed by atoms with Crippen molar-refractivity contribution >= 4 is 33.4 Å². The van der Waals surface area contributed by atoms with Crippen molar-refractivity contribution in [3.63, 3.8) is 0 Å². The summed E-state index contributed by atoms with van der Waals surface area (Å²) in [5.41, 5.74) is 3.16. The van der Waals surface area contributed by atoms with Gasteiger partial charge in [0.1, 0.15) is 4.83 Å². The molecule has 0 spiro atoms. The van der Waals surface area contributed by atoms with E-state index < -0.39 is 5.97 Å². The van der Waals surface area contributed by atoms with Gasteiger partial charge in [-0.05, 0) is 37.0 Å². The topological polar surface area (TPSA) is 81.5 Å². The Labute approximate surface area is 177 Å². The summed E-state index contributed by atoms with van der Waals surface area (Å²) in [5, 5.41) is 0.605. The van der Waals surface area contributed by atoms with Crippen LogP contribution in [0.1, 0.15) is 28.0 Å². The van der Waals surface area contributed by atoms with Gasteiger partial charge in [0.2, 0.25) is 0 Å². The van der Waals surface area contributed by atoms with Gasteiger partial charge in [-0.2, -0.15) is 0 Å². The van der Waals surface area contributed by atoms with Gasteiger partial charge in [0.05, 0.1) is 18.1 Å². The first-order valence-corrected chi connectivity index (χ1v) is 10.7. The van der Waals surface area contributed by atoms with Gasteiger partial charge in [-0.25, -0.2) is 4.98 Å². The number of carbonyl (C=O) groups is 2. The predicted molar refractivity (Wildman–Crippen MR) is 114 cm³/mol. The van der Waals surface area contributed by atoms with E-state index in [1.807, 2.05) is 32.0 Å². The van der Waals surface area contributed by atoms with Gasteiger partial charge < -0.3 is 9.64 Å². The molecular weight excluding hydrogens is 402 g/mol. The SMILES string of the molecule is Cc1sc2ncn(CCC(=O)OCC(=O)N3CCc4ccccc4C3)c(=O)c2c1C. The second-order valence-electron chi connectivity index (χ2n) is 7.45. The van der Waals surface area contributed by atoms with Gasteiger partial charge in [0, 0.05) is 24.5 Å². The number of nitrogens with zero attached hydrogens (tertiary/aromatic N) is 3. The second-order valence-corrected chi connectivity index (χ2v) is 8.65. The van der Waals surface area contributed by atoms with E-state index in [1.54, 1.807) is 4.90 Å². The van der Waals surface area contributed by atoms with Crippen LogP contribution in [0.3, 0.4) is 0 Å². The standard InChI is InChI=1S/C22H23N3O4S/c1-14-15(2)30-21-20(14)22(28)25(13-23-21)10-8-19(27)29-12-18(26)24-9-7-16-5-3-4-6-17(16)11-24/h3-6,13H,7-12H2,1-2H3. The molecule has 4 rings (SSSR count). The first-order valence-electron chi connectivity index (χ1n) is 9.89. The summed E-state index contributed by atoms with van der Waals surface area (Å²) in [6.07, 6.45) is 2.27. The number of esters is 1. The summed E-state index contributed by atoms with van der Waals surface area (Å²) < 4.78 is 6.58. The van der Waals surface area contributed by atoms with Crippen molar-refractivity contribution in [3.05, 3.63) is 62.5 Å². The Balaban J connectivity index is 1.31. The van der Waals surface area contributed by atoms with Crippen LogP contribution in [0.2, 0.25) is 0 Å². The largest absolute Gasteiger partial charge is 0.456 e. The molecule has 0 bridgehead atoms. The fourth-order valence-corrected chi connectivity index (χ4v) is 4.64. The Kier molecular flexibility index (Phi) is 5.67. The quantitative estimate of drug-likeness (QED) is 0.587. The molecule has 2 aromatic heterocycles. The molecule has 3 heterocycles. The molecule has 1 aromatic carbocycles. The van der Waals surface area contributed by atoms with Gasteiger partial charge in [0.15, 0.2) is 6.61 Å². The minimum atomic E-state index is -0.508. The van der Waals surface area contributed by atoms with Crippen molar-refractivity contribution in [1.82, 2.24) is 14.5 Å². The van der Waals surface area contributed by atoms with Crippen LogP contribution in [-0.4, -0.2) is 39.5 Å². The number of carbonyl (C=O) groups excluding carboxylic acids is 2. The van der Waals surface area contributed by atoms with Crippen molar-refractivity contribution in [3.8, 4) is 0 Å². The van der Waals surface area contributed by atoms with E-state index >= 15 is 0 Å². The second kappa shape index (κ2) is 8.39. The highest BCUT2D eigenvalue weighted by atomic mass is 32.1. The first kappa shape index (κ1) is 20.3. The van der Waals surface area contributed by atoms with Gasteiger partial charge in [0.25, 0.3) is 11.5 Å². The van der Waals surface area contributed by atoms with E-state index in [9.17, 15) is 14.4 Å². The van der Waals surface area contributed by atoms with E-state index in [1.165, 1.54) is 27.8 Å². The van der Waals surface area contributed by atoms with Crippen molar-refractivity contribution in [2.45, 2.75) is 39.8 Å². The van der Waals surface area contributed by atoms with Crippen LogP contribution in [-0.2, 0) is 33.8 Å². The maximum atomic E-state index is 12.7. The number of hydrogen-bond donors (Lipinski definition) is 0. The number of benzene rings is 1. The third kappa shape index (κ3) is 4.00. The molecule has 1 amide bonds. The van der Waals surface area contributed by atoms with E-state index in [0.717, 1.165) is 22.4 Å². The van der Waals surface area contributed by atoms with Crippen LogP contribution < -0.4 is 5.56 Å². The molecule has 0 fully saturated rings. The Bertz CT molecular complexity index is 1180. The number of thiophene rings is 1. The smallest absolute Gasteiger partial charge is 0.308 e. The monoisotopic (exact) mass is 425 g/mol. The predicted octanol–water partition coefficient (Wildman–Crippen LogP) is 2.59. The van der Waals surface area contributed by atoms with Crippen molar-refractivity contribution < 1.29 is 14.3 Å². The Morgan fingerprint density at radius 3 is 2.77 bits per heavy atom. The summed E-state index contributed by atoms with van der Waals surface area (Å²) in [5.74, 6) is -0.714. The molecule has 0 aliphatic carbocycles. The maximum absolute atomic E-state index is 12.7. The highest BCUT2D eigenvalue weighted by molar-refractivity contribution is 7.18. The van der Waals surface area contributed by atoms with E-state index in [4.69, 9.17) is 4.74 Å². The zero-order chi connectivity index (χ0) is 21.3. The third-order valence-electron chi connectivity index (χ3n) is 5.55. The summed E-state index contributed by atoms with van der Waals surface area (Å²) in [6.45, 7) is 4.90. The van der Waals surface area contributed by atoms with Gasteiger partial charge in [-0.3, -0.25) is 19.0 Å². The lowest BCUT2D eigenvalue weighted by Gasteiger charge is -2.28. The van der Waals surface area contributed by atoms with Crippen molar-refractivity contribution in [2.75, 3.05) is 13.2 Å². The molecule has 30 heavy (non-hydrogen) atoms. The summed E-state index contributed by atoms with van der Waals surface area (Å²) >= 11 is 1.49. The van der Waals surface area contributed by atoms with Crippen LogP contribution in [0.25, 0.3) is 10.2 Å². The third-order valence-corrected chi connectivity index (χ3v) is 6.67. The highest BCUT2D eigenvalue weighted by Crippen LogP contribution is 2.25. The van der Waals surface area contributed by atoms with Crippen LogP contribution >= 0.6 is 11.3 Å². The minimum absolute atomic E-state index is 0.00533. The van der Waals surface area contributed by atoms with Crippen LogP contribution in [0.5, 0.6) is 0 Å². The van der Waals surface area contributed by atoms with Crippen molar-refractivity contribution in [2.24, 2.45) is 0 Å². The molecule has 0 unspecified atom stereocenters. The van der Waals surface area contributed by atoms with E-state index in [2.05, 4.69) is 11.1 Å². The number of fused-ring (bicyclic) bond motifs is 2. The lowest BCUT2D eigenvalue weighted by molar-refractivity contribution is -0.152. The Morgan fingerprint density at radius 2 is 1.97 bits per heavy atom. The number of aryl methyl sites for hydroxylation is 3. The van der Waals surface area contributed by atoms with Gasteiger partial charge >= 0.3 is 5.97 Å². The lowest BCUT2D eigenvalue weighted by atomic mass is 10.00. The summed E-state index contributed by atoms with van der Waals surface area (Å²) in [7, 11) is 0. The number of aromatic nitrogens is 2. The minimum Gasteiger partial charge on any atom is -0.456 e. The average Bonchev–Trinajstić information content (AvgIpc) is 3.05. The molecule has 0 saturated heterocycles. The number of ether oxygens (including phenoxy) is 1. The summed E-state index contributed by atoms with van der Waals surface area (Å²) in [4.78, 5) is 45.0. The van der Waals surface area contributed by atoms with Crippen LogP contribution in [0.15, 0.2) is 35.4 Å². The van der Waals surface area contributed by atoms with Gasteiger partial charge in [-0.1, -0.05) is 24.3 Å². The van der Waals surface area contributed by atoms with Crippen LogP contribution in [0.4, 0.5) is 0 Å². The fraction of sp³-hybridized carbons (Fsp3) is 0.364. The molecule has 1 aliphatic rings. The molecule has 0 saturated carbocycles. The molecule has 156 valence electrons. The molecule has 8 heteroatoms. The molecule has 0 N–H and O–H groups in total. The summed E-state index contributed by atoms with van der Waals surface area (Å²) in [6, 6.07) is 8.04. The molecule has 7 nitrogen and oxygen atoms in total.